The minimum Gasteiger partial charge on any atom is -0.477 e. The van der Waals surface area contributed by atoms with Crippen LogP contribution in [-0.2, 0) is 19.0 Å². The molecule has 6 heteroatoms. The quantitative estimate of drug-likeness (QED) is 0.555. The van der Waals surface area contributed by atoms with Crippen molar-refractivity contribution in [3.8, 4) is 0 Å². The van der Waals surface area contributed by atoms with Crippen molar-refractivity contribution in [2.45, 2.75) is 6.36 Å². The van der Waals surface area contributed by atoms with Gasteiger partial charge in [-0.2, -0.15) is 0 Å². The molecule has 0 radical (unpaired) electrons. The zero-order valence-electron chi connectivity index (χ0n) is 7.36. The van der Waals surface area contributed by atoms with E-state index < -0.39 is 12.3 Å². The first-order chi connectivity index (χ1) is 6.18. The number of halogens is 1. The van der Waals surface area contributed by atoms with Crippen molar-refractivity contribution in [2.75, 3.05) is 33.5 Å². The average Bonchev–Trinajstić information content (AvgIpc) is 2.10. The van der Waals surface area contributed by atoms with Gasteiger partial charge in [0, 0.05) is 7.11 Å². The molecular weight excluding hydrogens is 183 g/mol. The summed E-state index contributed by atoms with van der Waals surface area (Å²) in [5, 5.41) is 8.06. The van der Waals surface area contributed by atoms with E-state index in [0.717, 1.165) is 0 Å². The number of carboxylic acid groups (broad SMARTS) is 1. The van der Waals surface area contributed by atoms with Crippen LogP contribution in [0.3, 0.4) is 0 Å². The molecule has 0 rings (SSSR count). The smallest absolute Gasteiger partial charge is 0.366 e. The van der Waals surface area contributed by atoms with Gasteiger partial charge in [-0.1, -0.05) is 0 Å². The number of hydrogen-bond acceptors (Lipinski definition) is 4. The first kappa shape index (κ1) is 12.3. The molecule has 0 heterocycles. The number of ether oxygens (including phenoxy) is 3. The second-order valence-electron chi connectivity index (χ2n) is 2.13. The minimum atomic E-state index is -2.27. The topological polar surface area (TPSA) is 65.0 Å². The second kappa shape index (κ2) is 7.90. The van der Waals surface area contributed by atoms with E-state index in [-0.39, 0.29) is 13.2 Å². The Morgan fingerprint density at radius 2 is 2.00 bits per heavy atom. The van der Waals surface area contributed by atoms with E-state index >= 15 is 0 Å². The summed E-state index contributed by atoms with van der Waals surface area (Å²) < 4.78 is 26.0. The molecule has 0 amide bonds. The third-order valence-electron chi connectivity index (χ3n) is 1.12. The van der Waals surface area contributed by atoms with Gasteiger partial charge in [0.05, 0.1) is 26.4 Å². The Morgan fingerprint density at radius 1 is 1.38 bits per heavy atom. The third-order valence-corrected chi connectivity index (χ3v) is 1.12. The van der Waals surface area contributed by atoms with Crippen molar-refractivity contribution in [2.24, 2.45) is 0 Å². The summed E-state index contributed by atoms with van der Waals surface area (Å²) in [4.78, 5) is 9.90. The highest BCUT2D eigenvalue weighted by Gasteiger charge is 2.14. The van der Waals surface area contributed by atoms with E-state index in [1.807, 2.05) is 0 Å². The van der Waals surface area contributed by atoms with Crippen LogP contribution < -0.4 is 0 Å². The van der Waals surface area contributed by atoms with Crippen LogP contribution in [0.25, 0.3) is 0 Å². The van der Waals surface area contributed by atoms with E-state index in [4.69, 9.17) is 9.84 Å². The van der Waals surface area contributed by atoms with E-state index in [1.54, 1.807) is 0 Å². The normalized spacial score (nSPS) is 12.8. The van der Waals surface area contributed by atoms with Gasteiger partial charge in [-0.3, -0.25) is 0 Å². The molecule has 1 unspecified atom stereocenters. The van der Waals surface area contributed by atoms with Crippen molar-refractivity contribution < 1.29 is 28.5 Å². The Kier molecular flexibility index (Phi) is 7.47. The number of methoxy groups -OCH3 is 1. The van der Waals surface area contributed by atoms with Gasteiger partial charge >= 0.3 is 5.97 Å². The van der Waals surface area contributed by atoms with Crippen molar-refractivity contribution in [1.29, 1.82) is 0 Å². The largest absolute Gasteiger partial charge is 0.477 e. The van der Waals surface area contributed by atoms with E-state index in [9.17, 15) is 9.18 Å². The highest BCUT2D eigenvalue weighted by atomic mass is 19.1. The van der Waals surface area contributed by atoms with Gasteiger partial charge in [0.15, 0.2) is 0 Å². The van der Waals surface area contributed by atoms with Crippen LogP contribution >= 0.6 is 0 Å². The molecular formula is C7H13FO5. The zero-order chi connectivity index (χ0) is 10.1. The van der Waals surface area contributed by atoms with Crippen molar-refractivity contribution in [1.82, 2.24) is 0 Å². The highest BCUT2D eigenvalue weighted by Crippen LogP contribution is 1.93. The minimum absolute atomic E-state index is 0.0861. The van der Waals surface area contributed by atoms with Crippen molar-refractivity contribution >= 4 is 5.97 Å². The molecule has 0 saturated carbocycles. The fourth-order valence-corrected chi connectivity index (χ4v) is 0.526. The number of alkyl halides is 1. The monoisotopic (exact) mass is 196 g/mol. The summed E-state index contributed by atoms with van der Waals surface area (Å²) in [6.07, 6.45) is -2.27. The van der Waals surface area contributed by atoms with Crippen LogP contribution in [0.15, 0.2) is 0 Å². The van der Waals surface area contributed by atoms with Gasteiger partial charge in [-0.25, -0.2) is 9.18 Å². The fraction of sp³-hybridized carbons (Fsp3) is 0.857. The molecule has 0 saturated heterocycles. The summed E-state index contributed by atoms with van der Waals surface area (Å²) in [5.74, 6) is -1.63. The molecule has 0 spiro atoms. The molecule has 1 atom stereocenters. The molecule has 13 heavy (non-hydrogen) atoms. The lowest BCUT2D eigenvalue weighted by Gasteiger charge is -2.05. The van der Waals surface area contributed by atoms with Gasteiger partial charge in [-0.15, -0.1) is 0 Å². The van der Waals surface area contributed by atoms with E-state index in [1.165, 1.54) is 7.11 Å². The Balaban J connectivity index is 3.11. The molecule has 0 fully saturated rings. The van der Waals surface area contributed by atoms with Crippen LogP contribution in [0.2, 0.25) is 0 Å². The van der Waals surface area contributed by atoms with Gasteiger partial charge in [-0.05, 0) is 0 Å². The Morgan fingerprint density at radius 3 is 2.54 bits per heavy atom. The number of carboxylic acids is 1. The van der Waals surface area contributed by atoms with Gasteiger partial charge in [0.2, 0.25) is 0 Å². The Labute approximate surface area is 75.4 Å². The summed E-state index contributed by atoms with van der Waals surface area (Å²) in [5.41, 5.74) is 0. The Hall–Kier alpha value is -0.720. The average molecular weight is 196 g/mol. The van der Waals surface area contributed by atoms with E-state index in [2.05, 4.69) is 9.47 Å². The summed E-state index contributed by atoms with van der Waals surface area (Å²) in [7, 11) is 1.53. The summed E-state index contributed by atoms with van der Waals surface area (Å²) in [6, 6.07) is 0. The molecule has 0 aromatic rings. The molecule has 0 aliphatic rings. The molecule has 0 aromatic heterocycles. The van der Waals surface area contributed by atoms with Gasteiger partial charge in [0.25, 0.3) is 6.36 Å². The predicted molar refractivity (Wildman–Crippen MR) is 41.2 cm³/mol. The molecule has 5 nitrogen and oxygen atoms in total. The van der Waals surface area contributed by atoms with Crippen LogP contribution in [0.1, 0.15) is 0 Å². The number of hydrogen-bond donors (Lipinski definition) is 1. The maximum atomic E-state index is 12.2. The van der Waals surface area contributed by atoms with Crippen LogP contribution in [0, 0.1) is 0 Å². The SMILES string of the molecule is COCCOCCOC(F)C(=O)O. The maximum Gasteiger partial charge on any atom is 0.366 e. The van der Waals surface area contributed by atoms with Crippen LogP contribution in [0.5, 0.6) is 0 Å². The van der Waals surface area contributed by atoms with Crippen LogP contribution in [0.4, 0.5) is 4.39 Å². The lowest BCUT2D eigenvalue weighted by Crippen LogP contribution is -2.21. The first-order valence-electron chi connectivity index (χ1n) is 3.73. The van der Waals surface area contributed by atoms with Gasteiger partial charge < -0.3 is 19.3 Å². The predicted octanol–water partition coefficient (Wildman–Crippen LogP) is 0.0462. The summed E-state index contributed by atoms with van der Waals surface area (Å²) >= 11 is 0. The first-order valence-corrected chi connectivity index (χ1v) is 3.73. The van der Waals surface area contributed by atoms with Crippen molar-refractivity contribution in [3.05, 3.63) is 0 Å². The molecule has 0 aliphatic heterocycles. The van der Waals surface area contributed by atoms with Gasteiger partial charge in [0.1, 0.15) is 0 Å². The lowest BCUT2D eigenvalue weighted by atomic mass is 10.6. The van der Waals surface area contributed by atoms with E-state index in [0.29, 0.717) is 13.2 Å². The second-order valence-corrected chi connectivity index (χ2v) is 2.13. The van der Waals surface area contributed by atoms with Crippen LogP contribution in [-0.4, -0.2) is 51.0 Å². The molecule has 78 valence electrons. The fourth-order valence-electron chi connectivity index (χ4n) is 0.526. The zero-order valence-corrected chi connectivity index (χ0v) is 7.36. The number of aliphatic carboxylic acids is 1. The third kappa shape index (κ3) is 7.63. The molecule has 0 aromatic carbocycles. The lowest BCUT2D eigenvalue weighted by molar-refractivity contribution is -0.164. The maximum absolute atomic E-state index is 12.2. The molecule has 0 aliphatic carbocycles. The Bertz CT molecular complexity index is 141. The van der Waals surface area contributed by atoms with Crippen molar-refractivity contribution in [3.63, 3.8) is 0 Å². The standard InChI is InChI=1S/C7H13FO5/c1-11-2-3-12-4-5-13-6(8)7(9)10/h6H,2-5H2,1H3,(H,9,10). The highest BCUT2D eigenvalue weighted by molar-refractivity contribution is 5.70. The number of carbonyl (C=O) groups is 1. The number of rotatable bonds is 8. The molecule has 1 N–H and O–H groups in total. The summed E-state index contributed by atoms with van der Waals surface area (Å²) in [6.45, 7) is 0.885. The molecule has 0 bridgehead atoms.